The molecule has 2 saturated carbocycles. The molecule has 0 unspecified atom stereocenters. The van der Waals surface area contributed by atoms with Crippen LogP contribution in [-0.4, -0.2) is 18.1 Å². The van der Waals surface area contributed by atoms with Crippen molar-refractivity contribution >= 4 is 6.03 Å². The van der Waals surface area contributed by atoms with Crippen LogP contribution in [0.5, 0.6) is 0 Å². The first-order valence-corrected chi connectivity index (χ1v) is 6.41. The van der Waals surface area contributed by atoms with E-state index in [9.17, 15) is 4.79 Å². The Morgan fingerprint density at radius 1 is 0.733 bits per heavy atom. The summed E-state index contributed by atoms with van der Waals surface area (Å²) < 4.78 is 0. The zero-order valence-electron chi connectivity index (χ0n) is 9.43. The summed E-state index contributed by atoms with van der Waals surface area (Å²) in [7, 11) is 0. The number of rotatable bonds is 2. The van der Waals surface area contributed by atoms with E-state index in [1.807, 2.05) is 0 Å². The number of hydrogen-bond donors (Lipinski definition) is 2. The zero-order chi connectivity index (χ0) is 10.5. The van der Waals surface area contributed by atoms with Crippen LogP contribution in [0.3, 0.4) is 0 Å². The molecule has 0 heterocycles. The standard InChI is InChI=1S/C12H22N2O/c15-12(14-11-8-4-5-9-11)13-10-6-2-1-3-7-10/h10-11H,1-9H2,(H2,13,14,15). The Kier molecular flexibility index (Phi) is 3.87. The van der Waals surface area contributed by atoms with Crippen LogP contribution in [0, 0.1) is 0 Å². The summed E-state index contributed by atoms with van der Waals surface area (Å²) in [5, 5.41) is 6.17. The highest BCUT2D eigenvalue weighted by Crippen LogP contribution is 2.19. The minimum atomic E-state index is 0.0637. The molecule has 2 N–H and O–H groups in total. The smallest absolute Gasteiger partial charge is 0.315 e. The quantitative estimate of drug-likeness (QED) is 0.722. The highest BCUT2D eigenvalue weighted by atomic mass is 16.2. The van der Waals surface area contributed by atoms with Gasteiger partial charge in [0.15, 0.2) is 0 Å². The molecule has 0 atom stereocenters. The van der Waals surface area contributed by atoms with Crippen LogP contribution < -0.4 is 10.6 Å². The molecule has 2 amide bonds. The monoisotopic (exact) mass is 210 g/mol. The van der Waals surface area contributed by atoms with Gasteiger partial charge in [-0.2, -0.15) is 0 Å². The third-order valence-electron chi connectivity index (χ3n) is 3.63. The van der Waals surface area contributed by atoms with Crippen molar-refractivity contribution in [3.8, 4) is 0 Å². The summed E-state index contributed by atoms with van der Waals surface area (Å²) in [6.07, 6.45) is 11.1. The topological polar surface area (TPSA) is 41.1 Å². The first-order chi connectivity index (χ1) is 7.34. The van der Waals surface area contributed by atoms with E-state index in [2.05, 4.69) is 10.6 Å². The van der Waals surface area contributed by atoms with Crippen LogP contribution in [0.25, 0.3) is 0 Å². The fraction of sp³-hybridized carbons (Fsp3) is 0.917. The van der Waals surface area contributed by atoms with E-state index in [1.54, 1.807) is 0 Å². The highest BCUT2D eigenvalue weighted by molar-refractivity contribution is 5.74. The lowest BCUT2D eigenvalue weighted by Crippen LogP contribution is -2.46. The van der Waals surface area contributed by atoms with Gasteiger partial charge < -0.3 is 10.6 Å². The zero-order valence-corrected chi connectivity index (χ0v) is 9.43. The number of amides is 2. The minimum absolute atomic E-state index is 0.0637. The molecule has 2 rings (SSSR count). The maximum absolute atomic E-state index is 11.6. The molecule has 2 aliphatic carbocycles. The summed E-state index contributed by atoms with van der Waals surface area (Å²) in [5.41, 5.74) is 0. The van der Waals surface area contributed by atoms with Gasteiger partial charge in [-0.3, -0.25) is 0 Å². The van der Waals surface area contributed by atoms with Gasteiger partial charge in [-0.15, -0.1) is 0 Å². The molecule has 0 radical (unpaired) electrons. The molecule has 2 fully saturated rings. The maximum atomic E-state index is 11.6. The van der Waals surface area contributed by atoms with Gasteiger partial charge in [-0.05, 0) is 25.7 Å². The minimum Gasteiger partial charge on any atom is -0.335 e. The first kappa shape index (κ1) is 10.8. The van der Waals surface area contributed by atoms with Crippen molar-refractivity contribution < 1.29 is 4.79 Å². The van der Waals surface area contributed by atoms with E-state index >= 15 is 0 Å². The third-order valence-corrected chi connectivity index (χ3v) is 3.63. The van der Waals surface area contributed by atoms with Crippen molar-refractivity contribution in [3.63, 3.8) is 0 Å². The Bertz CT molecular complexity index is 206. The Labute approximate surface area is 92.0 Å². The van der Waals surface area contributed by atoms with Crippen LogP contribution in [0.15, 0.2) is 0 Å². The van der Waals surface area contributed by atoms with Crippen molar-refractivity contribution in [3.05, 3.63) is 0 Å². The molecule has 0 aromatic heterocycles. The lowest BCUT2D eigenvalue weighted by atomic mass is 9.96. The van der Waals surface area contributed by atoms with Crippen molar-refractivity contribution in [2.24, 2.45) is 0 Å². The van der Waals surface area contributed by atoms with E-state index in [4.69, 9.17) is 0 Å². The molecule has 0 aromatic rings. The van der Waals surface area contributed by atoms with Crippen LogP contribution in [0.1, 0.15) is 57.8 Å². The highest BCUT2D eigenvalue weighted by Gasteiger charge is 2.19. The average molecular weight is 210 g/mol. The van der Waals surface area contributed by atoms with E-state index in [1.165, 1.54) is 32.1 Å². The molecule has 0 spiro atoms. The van der Waals surface area contributed by atoms with E-state index in [-0.39, 0.29) is 6.03 Å². The molecule has 3 heteroatoms. The van der Waals surface area contributed by atoms with E-state index in [0.717, 1.165) is 25.7 Å². The first-order valence-electron chi connectivity index (χ1n) is 6.41. The summed E-state index contributed by atoms with van der Waals surface area (Å²) in [4.78, 5) is 11.6. The van der Waals surface area contributed by atoms with Crippen molar-refractivity contribution in [2.75, 3.05) is 0 Å². The molecular formula is C12H22N2O. The average Bonchev–Trinajstić information content (AvgIpc) is 2.71. The number of urea groups is 1. The molecule has 86 valence electrons. The normalized spacial score (nSPS) is 24.0. The van der Waals surface area contributed by atoms with Gasteiger partial charge in [-0.1, -0.05) is 32.1 Å². The Morgan fingerprint density at radius 2 is 1.13 bits per heavy atom. The third kappa shape index (κ3) is 3.40. The Morgan fingerprint density at radius 3 is 1.60 bits per heavy atom. The van der Waals surface area contributed by atoms with Gasteiger partial charge in [0.05, 0.1) is 0 Å². The lowest BCUT2D eigenvalue weighted by molar-refractivity contribution is 0.229. The second-order valence-corrected chi connectivity index (χ2v) is 4.93. The van der Waals surface area contributed by atoms with Gasteiger partial charge in [0.25, 0.3) is 0 Å². The molecule has 0 saturated heterocycles. The van der Waals surface area contributed by atoms with Crippen molar-refractivity contribution in [1.82, 2.24) is 10.6 Å². The Hall–Kier alpha value is -0.730. The van der Waals surface area contributed by atoms with Gasteiger partial charge in [0.2, 0.25) is 0 Å². The predicted molar refractivity (Wildman–Crippen MR) is 60.8 cm³/mol. The Balaban J connectivity index is 1.66. The molecule has 0 aromatic carbocycles. The largest absolute Gasteiger partial charge is 0.335 e. The van der Waals surface area contributed by atoms with Gasteiger partial charge in [0.1, 0.15) is 0 Å². The molecule has 0 bridgehead atoms. The van der Waals surface area contributed by atoms with Crippen LogP contribution in [0.2, 0.25) is 0 Å². The summed E-state index contributed by atoms with van der Waals surface area (Å²) in [5.74, 6) is 0. The number of nitrogens with one attached hydrogen (secondary N) is 2. The van der Waals surface area contributed by atoms with Gasteiger partial charge in [-0.25, -0.2) is 4.79 Å². The second kappa shape index (κ2) is 5.38. The van der Waals surface area contributed by atoms with E-state index in [0.29, 0.717) is 12.1 Å². The van der Waals surface area contributed by atoms with E-state index < -0.39 is 0 Å². The van der Waals surface area contributed by atoms with Crippen molar-refractivity contribution in [1.29, 1.82) is 0 Å². The summed E-state index contributed by atoms with van der Waals surface area (Å²) >= 11 is 0. The molecule has 3 nitrogen and oxygen atoms in total. The number of carbonyl (C=O) groups is 1. The summed E-state index contributed by atoms with van der Waals surface area (Å²) in [6.45, 7) is 0. The number of hydrogen-bond acceptors (Lipinski definition) is 1. The van der Waals surface area contributed by atoms with Gasteiger partial charge in [0, 0.05) is 12.1 Å². The maximum Gasteiger partial charge on any atom is 0.315 e. The van der Waals surface area contributed by atoms with Crippen LogP contribution >= 0.6 is 0 Å². The van der Waals surface area contributed by atoms with Crippen molar-refractivity contribution in [2.45, 2.75) is 69.9 Å². The fourth-order valence-electron chi connectivity index (χ4n) is 2.73. The van der Waals surface area contributed by atoms with Crippen LogP contribution in [-0.2, 0) is 0 Å². The summed E-state index contributed by atoms with van der Waals surface area (Å²) in [6, 6.07) is 0.933. The second-order valence-electron chi connectivity index (χ2n) is 4.93. The number of carbonyl (C=O) groups excluding carboxylic acids is 1. The molecule has 0 aliphatic heterocycles. The molecule has 15 heavy (non-hydrogen) atoms. The SMILES string of the molecule is O=C(NC1CCCCC1)NC1CCCC1. The van der Waals surface area contributed by atoms with Gasteiger partial charge >= 0.3 is 6.03 Å². The molecule has 2 aliphatic rings. The van der Waals surface area contributed by atoms with Crippen LogP contribution in [0.4, 0.5) is 4.79 Å². The lowest BCUT2D eigenvalue weighted by Gasteiger charge is -2.24. The molecular weight excluding hydrogens is 188 g/mol. The predicted octanol–water partition coefficient (Wildman–Crippen LogP) is 2.56. The fourth-order valence-corrected chi connectivity index (χ4v) is 2.73.